The van der Waals surface area contributed by atoms with E-state index in [0.717, 1.165) is 27.3 Å². The number of benzene rings is 4. The molecule has 0 aliphatic rings. The van der Waals surface area contributed by atoms with Crippen LogP contribution in [0.25, 0.3) is 21.5 Å². The first kappa shape index (κ1) is 22.5. The molecule has 5 aromatic rings. The topological polar surface area (TPSA) is 62.5 Å². The summed E-state index contributed by atoms with van der Waals surface area (Å²) in [5.41, 5.74) is -0.0886. The minimum Gasteiger partial charge on any atom is -0.492 e. The van der Waals surface area contributed by atoms with Gasteiger partial charge in [-0.05, 0) is 52.7 Å². The zero-order valence-electron chi connectivity index (χ0n) is 19.5. The van der Waals surface area contributed by atoms with Gasteiger partial charge >= 0.3 is 5.69 Å². The van der Waals surface area contributed by atoms with Gasteiger partial charge in [-0.3, -0.25) is 13.9 Å². The molecule has 0 atom stereocenters. The lowest BCUT2D eigenvalue weighted by molar-refractivity contribution is 0.280. The Labute approximate surface area is 202 Å². The Morgan fingerprint density at radius 2 is 1.09 bits per heavy atom. The predicted molar refractivity (Wildman–Crippen MR) is 139 cm³/mol. The van der Waals surface area contributed by atoms with Gasteiger partial charge < -0.3 is 9.47 Å². The van der Waals surface area contributed by atoms with Crippen molar-refractivity contribution in [3.05, 3.63) is 118 Å². The summed E-state index contributed by atoms with van der Waals surface area (Å²) in [4.78, 5) is 25.6. The molecule has 5 rings (SSSR count). The molecule has 0 aliphatic carbocycles. The van der Waals surface area contributed by atoms with Gasteiger partial charge in [0.25, 0.3) is 5.56 Å². The van der Waals surface area contributed by atoms with Gasteiger partial charge in [0.2, 0.25) is 0 Å². The fraction of sp³-hybridized carbons (Fsp3) is 0.172. The van der Waals surface area contributed by atoms with E-state index in [1.54, 1.807) is 11.5 Å². The molecule has 4 aromatic carbocycles. The largest absolute Gasteiger partial charge is 0.492 e. The Morgan fingerprint density at radius 3 is 1.63 bits per heavy atom. The minimum absolute atomic E-state index is 0.163. The SMILES string of the molecule is Cc1cc(=O)n(CCOc2ccc3ccccc3c2)c(=O)n1CCOc1ccc2ccccc2c1. The summed E-state index contributed by atoms with van der Waals surface area (Å²) < 4.78 is 14.5. The Kier molecular flexibility index (Phi) is 6.35. The summed E-state index contributed by atoms with van der Waals surface area (Å²) >= 11 is 0. The molecule has 176 valence electrons. The molecule has 0 fully saturated rings. The summed E-state index contributed by atoms with van der Waals surface area (Å²) in [5, 5.41) is 4.44. The second-order valence-electron chi connectivity index (χ2n) is 8.42. The standard InChI is InChI=1S/C29H26N2O4/c1-21-18-28(32)31(15-17-35-27-13-11-23-7-3-5-9-25(23)20-27)29(33)30(21)14-16-34-26-12-10-22-6-2-4-8-24(22)19-26/h2-13,18-20H,14-17H2,1H3. The summed E-state index contributed by atoms with van der Waals surface area (Å²) in [5.74, 6) is 1.44. The highest BCUT2D eigenvalue weighted by Gasteiger charge is 2.10. The van der Waals surface area contributed by atoms with Gasteiger partial charge in [-0.15, -0.1) is 0 Å². The number of nitrogens with zero attached hydrogens (tertiary/aromatic N) is 2. The lowest BCUT2D eigenvalue weighted by Crippen LogP contribution is -2.42. The van der Waals surface area contributed by atoms with Crippen LogP contribution < -0.4 is 20.7 Å². The normalized spacial score (nSPS) is 11.1. The molecule has 0 unspecified atom stereocenters. The second-order valence-corrected chi connectivity index (χ2v) is 8.42. The predicted octanol–water partition coefficient (Wildman–Crippen LogP) is 4.78. The molecular weight excluding hydrogens is 440 g/mol. The monoisotopic (exact) mass is 466 g/mol. The molecule has 0 spiro atoms. The van der Waals surface area contributed by atoms with Crippen molar-refractivity contribution in [2.45, 2.75) is 20.0 Å². The molecule has 0 aliphatic heterocycles. The Bertz CT molecular complexity index is 1620. The summed E-state index contributed by atoms with van der Waals surface area (Å²) in [6.45, 7) is 2.78. The smallest absolute Gasteiger partial charge is 0.331 e. The molecule has 0 amide bonds. The first-order valence-corrected chi connectivity index (χ1v) is 11.6. The van der Waals surface area contributed by atoms with E-state index in [1.807, 2.05) is 78.9 Å². The minimum atomic E-state index is -0.362. The zero-order chi connectivity index (χ0) is 24.2. The van der Waals surface area contributed by atoms with Crippen molar-refractivity contribution in [2.75, 3.05) is 13.2 Å². The molecule has 1 aromatic heterocycles. The van der Waals surface area contributed by atoms with Gasteiger partial charge in [0, 0.05) is 11.8 Å². The molecule has 0 saturated carbocycles. The van der Waals surface area contributed by atoms with Crippen LogP contribution in [0.15, 0.2) is 101 Å². The molecule has 1 heterocycles. The fourth-order valence-corrected chi connectivity index (χ4v) is 4.23. The van der Waals surface area contributed by atoms with Gasteiger partial charge in [0.15, 0.2) is 0 Å². The van der Waals surface area contributed by atoms with Crippen LogP contribution in [0.5, 0.6) is 11.5 Å². The molecule has 35 heavy (non-hydrogen) atoms. The number of hydrogen-bond donors (Lipinski definition) is 0. The number of fused-ring (bicyclic) bond motifs is 2. The Hall–Kier alpha value is -4.32. The van der Waals surface area contributed by atoms with Crippen LogP contribution in [0.1, 0.15) is 5.69 Å². The van der Waals surface area contributed by atoms with Crippen LogP contribution in [0.4, 0.5) is 0 Å². The average Bonchev–Trinajstić information content (AvgIpc) is 2.87. The maximum absolute atomic E-state index is 13.1. The molecule has 0 N–H and O–H groups in total. The first-order valence-electron chi connectivity index (χ1n) is 11.6. The molecule has 0 bridgehead atoms. The van der Waals surface area contributed by atoms with Crippen molar-refractivity contribution in [1.82, 2.24) is 9.13 Å². The van der Waals surface area contributed by atoms with E-state index >= 15 is 0 Å². The average molecular weight is 467 g/mol. The van der Waals surface area contributed by atoms with Crippen molar-refractivity contribution in [3.8, 4) is 11.5 Å². The Balaban J connectivity index is 1.25. The number of aromatic nitrogens is 2. The Morgan fingerprint density at radius 1 is 0.600 bits per heavy atom. The first-order chi connectivity index (χ1) is 17.1. The number of rotatable bonds is 8. The van der Waals surface area contributed by atoms with Crippen molar-refractivity contribution >= 4 is 21.5 Å². The van der Waals surface area contributed by atoms with Crippen molar-refractivity contribution in [2.24, 2.45) is 0 Å². The van der Waals surface area contributed by atoms with E-state index in [1.165, 1.54) is 10.6 Å². The molecule has 6 nitrogen and oxygen atoms in total. The number of hydrogen-bond acceptors (Lipinski definition) is 4. The lowest BCUT2D eigenvalue weighted by atomic mass is 10.1. The van der Waals surface area contributed by atoms with E-state index in [4.69, 9.17) is 9.47 Å². The van der Waals surface area contributed by atoms with Crippen LogP contribution in [-0.4, -0.2) is 22.3 Å². The highest BCUT2D eigenvalue weighted by molar-refractivity contribution is 5.84. The third-order valence-electron chi connectivity index (χ3n) is 6.10. The highest BCUT2D eigenvalue weighted by atomic mass is 16.5. The van der Waals surface area contributed by atoms with E-state index in [2.05, 4.69) is 6.07 Å². The van der Waals surface area contributed by atoms with Gasteiger partial charge in [0.1, 0.15) is 24.7 Å². The van der Waals surface area contributed by atoms with Crippen LogP contribution in [-0.2, 0) is 13.1 Å². The van der Waals surface area contributed by atoms with Crippen LogP contribution in [0.3, 0.4) is 0 Å². The quantitative estimate of drug-likeness (QED) is 0.330. The van der Waals surface area contributed by atoms with E-state index in [-0.39, 0.29) is 24.4 Å². The van der Waals surface area contributed by atoms with Crippen molar-refractivity contribution in [1.29, 1.82) is 0 Å². The summed E-state index contributed by atoms with van der Waals surface area (Å²) in [6, 6.07) is 29.3. The summed E-state index contributed by atoms with van der Waals surface area (Å²) in [7, 11) is 0. The number of aryl methyl sites for hydroxylation is 1. The molecule has 0 saturated heterocycles. The van der Waals surface area contributed by atoms with E-state index < -0.39 is 0 Å². The van der Waals surface area contributed by atoms with Gasteiger partial charge in [0.05, 0.1) is 13.1 Å². The van der Waals surface area contributed by atoms with Gasteiger partial charge in [-0.2, -0.15) is 0 Å². The third kappa shape index (κ3) is 4.96. The second kappa shape index (κ2) is 9.89. The van der Waals surface area contributed by atoms with Crippen molar-refractivity contribution in [3.63, 3.8) is 0 Å². The van der Waals surface area contributed by atoms with Crippen LogP contribution in [0.2, 0.25) is 0 Å². The zero-order valence-corrected chi connectivity index (χ0v) is 19.5. The maximum atomic E-state index is 13.1. The molecular formula is C29H26N2O4. The highest BCUT2D eigenvalue weighted by Crippen LogP contribution is 2.21. The third-order valence-corrected chi connectivity index (χ3v) is 6.10. The van der Waals surface area contributed by atoms with Crippen LogP contribution >= 0.6 is 0 Å². The van der Waals surface area contributed by atoms with E-state index in [9.17, 15) is 9.59 Å². The van der Waals surface area contributed by atoms with Gasteiger partial charge in [-0.25, -0.2) is 4.79 Å². The molecule has 0 radical (unpaired) electrons. The fourth-order valence-electron chi connectivity index (χ4n) is 4.23. The number of ether oxygens (including phenoxy) is 2. The lowest BCUT2D eigenvalue weighted by Gasteiger charge is -2.14. The van der Waals surface area contributed by atoms with Crippen molar-refractivity contribution < 1.29 is 9.47 Å². The molecule has 6 heteroatoms. The van der Waals surface area contributed by atoms with Crippen LogP contribution in [0, 0.1) is 6.92 Å². The van der Waals surface area contributed by atoms with E-state index in [0.29, 0.717) is 24.6 Å². The summed E-state index contributed by atoms with van der Waals surface area (Å²) in [6.07, 6.45) is 0. The maximum Gasteiger partial charge on any atom is 0.331 e. The van der Waals surface area contributed by atoms with Gasteiger partial charge in [-0.1, -0.05) is 60.7 Å².